The minimum Gasteiger partial charge on any atom is -0.466 e. The number of hydrogen-bond acceptors (Lipinski definition) is 4. The van der Waals surface area contributed by atoms with Gasteiger partial charge < -0.3 is 9.47 Å². The quantitative estimate of drug-likeness (QED) is 0.0755. The van der Waals surface area contributed by atoms with Gasteiger partial charge in [-0.15, -0.1) is 11.6 Å². The van der Waals surface area contributed by atoms with E-state index in [4.69, 9.17) is 21.1 Å². The molecule has 0 aromatic heterocycles. The highest BCUT2D eigenvalue weighted by Crippen LogP contribution is 2.12. The van der Waals surface area contributed by atoms with Crippen LogP contribution in [-0.2, 0) is 19.1 Å². The molecule has 0 saturated carbocycles. The molecule has 0 aromatic rings. The Labute approximate surface area is 203 Å². The Morgan fingerprint density at radius 2 is 0.844 bits per heavy atom. The molecule has 0 N–H and O–H groups in total. The normalized spacial score (nSPS) is 10.9. The average Bonchev–Trinajstić information content (AvgIpc) is 2.78. The summed E-state index contributed by atoms with van der Waals surface area (Å²) in [7, 11) is 0. The number of esters is 2. The van der Waals surface area contributed by atoms with E-state index in [1.54, 1.807) is 0 Å². The Hall–Kier alpha value is -0.770. The third-order valence-electron chi connectivity index (χ3n) is 5.81. The molecule has 0 saturated heterocycles. The summed E-state index contributed by atoms with van der Waals surface area (Å²) in [5, 5.41) is 0. The third kappa shape index (κ3) is 25.5. The lowest BCUT2D eigenvalue weighted by Crippen LogP contribution is -2.09. The molecule has 0 amide bonds. The molecule has 0 unspecified atom stereocenters. The maximum atomic E-state index is 11.8. The molecule has 190 valence electrons. The summed E-state index contributed by atoms with van der Waals surface area (Å²) in [4.78, 5) is 23.4. The summed E-state index contributed by atoms with van der Waals surface area (Å²) in [6.45, 7) is 3.25. The van der Waals surface area contributed by atoms with Crippen molar-refractivity contribution in [1.82, 2.24) is 0 Å². The maximum absolute atomic E-state index is 11.8. The molecular weight excluding hydrogens is 424 g/mol. The van der Waals surface area contributed by atoms with Gasteiger partial charge in [-0.1, -0.05) is 103 Å². The molecule has 4 nitrogen and oxygen atoms in total. The Balaban J connectivity index is 3.28. The van der Waals surface area contributed by atoms with Crippen LogP contribution in [0, 0.1) is 0 Å². The van der Waals surface area contributed by atoms with Crippen molar-refractivity contribution < 1.29 is 19.1 Å². The van der Waals surface area contributed by atoms with Crippen LogP contribution in [0.5, 0.6) is 0 Å². The highest BCUT2D eigenvalue weighted by Gasteiger charge is 2.07. The molecule has 0 heterocycles. The first kappa shape index (κ1) is 31.2. The van der Waals surface area contributed by atoms with Gasteiger partial charge in [0.2, 0.25) is 0 Å². The Kier molecular flexibility index (Phi) is 25.8. The van der Waals surface area contributed by atoms with E-state index in [1.807, 2.05) is 0 Å². The molecule has 0 aromatic carbocycles. The van der Waals surface area contributed by atoms with E-state index in [9.17, 15) is 9.59 Å². The number of rotatable bonds is 25. The smallest absolute Gasteiger partial charge is 0.305 e. The molecule has 0 aliphatic heterocycles. The number of ether oxygens (including phenoxy) is 2. The molecule has 0 atom stereocenters. The highest BCUT2D eigenvalue weighted by atomic mass is 35.5. The van der Waals surface area contributed by atoms with Gasteiger partial charge in [0.15, 0.2) is 0 Å². The van der Waals surface area contributed by atoms with Crippen molar-refractivity contribution in [2.75, 3.05) is 19.1 Å². The van der Waals surface area contributed by atoms with E-state index in [0.717, 1.165) is 38.0 Å². The van der Waals surface area contributed by atoms with Crippen LogP contribution in [0.1, 0.15) is 142 Å². The molecular formula is C27H51ClO4. The molecule has 0 bridgehead atoms. The summed E-state index contributed by atoms with van der Waals surface area (Å²) in [5.74, 6) is 0.337. The fourth-order valence-electron chi connectivity index (χ4n) is 3.74. The van der Waals surface area contributed by atoms with E-state index in [1.165, 1.54) is 83.5 Å². The van der Waals surface area contributed by atoms with Crippen molar-refractivity contribution in [3.05, 3.63) is 0 Å². The first-order valence-electron chi connectivity index (χ1n) is 13.6. The van der Waals surface area contributed by atoms with Gasteiger partial charge in [0.05, 0.1) is 13.2 Å². The zero-order valence-corrected chi connectivity index (χ0v) is 21.7. The van der Waals surface area contributed by atoms with Crippen molar-refractivity contribution in [3.8, 4) is 0 Å². The second-order valence-corrected chi connectivity index (χ2v) is 9.37. The van der Waals surface area contributed by atoms with Crippen molar-refractivity contribution in [2.24, 2.45) is 0 Å². The van der Waals surface area contributed by atoms with Gasteiger partial charge in [-0.3, -0.25) is 9.59 Å². The summed E-state index contributed by atoms with van der Waals surface area (Å²) < 4.78 is 10.5. The Morgan fingerprint density at radius 1 is 0.500 bits per heavy atom. The fraction of sp³-hybridized carbons (Fsp3) is 0.926. The standard InChI is InChI=1S/C27H51ClO4/c1-2-3-4-5-6-7-8-9-10-12-15-18-24-31-26(29)21-20-22-27(30)32-25-19-16-13-11-14-17-23-28/h2-25H2,1H3. The molecule has 0 rings (SSSR count). The number of alkyl halides is 1. The first-order chi connectivity index (χ1) is 15.7. The molecule has 32 heavy (non-hydrogen) atoms. The molecule has 5 heteroatoms. The van der Waals surface area contributed by atoms with E-state index in [2.05, 4.69) is 6.92 Å². The summed E-state index contributed by atoms with van der Waals surface area (Å²) in [6, 6.07) is 0. The van der Waals surface area contributed by atoms with Gasteiger partial charge in [0.25, 0.3) is 0 Å². The minimum atomic E-state index is -0.208. The van der Waals surface area contributed by atoms with Gasteiger partial charge in [-0.25, -0.2) is 0 Å². The second-order valence-electron chi connectivity index (χ2n) is 8.99. The SMILES string of the molecule is CCCCCCCCCCCCCCOC(=O)CCCC(=O)OCCCCCCCCCl. The van der Waals surface area contributed by atoms with Gasteiger partial charge in [0, 0.05) is 18.7 Å². The molecule has 0 aliphatic rings. The average molecular weight is 475 g/mol. The van der Waals surface area contributed by atoms with Gasteiger partial charge in [-0.2, -0.15) is 0 Å². The van der Waals surface area contributed by atoms with E-state index >= 15 is 0 Å². The summed E-state index contributed by atoms with van der Waals surface area (Å²) in [5.41, 5.74) is 0. The fourth-order valence-corrected chi connectivity index (χ4v) is 3.93. The lowest BCUT2D eigenvalue weighted by molar-refractivity contribution is -0.145. The topological polar surface area (TPSA) is 52.6 Å². The van der Waals surface area contributed by atoms with Crippen LogP contribution in [0.15, 0.2) is 0 Å². The number of unbranched alkanes of at least 4 members (excludes halogenated alkanes) is 16. The van der Waals surface area contributed by atoms with Gasteiger partial charge in [-0.05, 0) is 25.7 Å². The summed E-state index contributed by atoms with van der Waals surface area (Å²) >= 11 is 5.65. The molecule has 0 aliphatic carbocycles. The highest BCUT2D eigenvalue weighted by molar-refractivity contribution is 6.17. The molecule has 0 fully saturated rings. The largest absolute Gasteiger partial charge is 0.466 e. The predicted molar refractivity (Wildman–Crippen MR) is 135 cm³/mol. The van der Waals surface area contributed by atoms with Crippen molar-refractivity contribution in [3.63, 3.8) is 0 Å². The number of hydrogen-bond donors (Lipinski definition) is 0. The van der Waals surface area contributed by atoms with E-state index in [0.29, 0.717) is 32.5 Å². The third-order valence-corrected chi connectivity index (χ3v) is 6.08. The monoisotopic (exact) mass is 474 g/mol. The summed E-state index contributed by atoms with van der Waals surface area (Å²) in [6.07, 6.45) is 23.3. The van der Waals surface area contributed by atoms with Crippen LogP contribution in [0.2, 0.25) is 0 Å². The van der Waals surface area contributed by atoms with E-state index < -0.39 is 0 Å². The second kappa shape index (κ2) is 26.5. The minimum absolute atomic E-state index is 0.196. The van der Waals surface area contributed by atoms with Gasteiger partial charge >= 0.3 is 11.9 Å². The molecule has 0 spiro atoms. The van der Waals surface area contributed by atoms with E-state index in [-0.39, 0.29) is 11.9 Å². The first-order valence-corrected chi connectivity index (χ1v) is 14.1. The number of carbonyl (C=O) groups is 2. The lowest BCUT2D eigenvalue weighted by Gasteiger charge is -2.06. The zero-order chi connectivity index (χ0) is 23.5. The Bertz CT molecular complexity index is 414. The van der Waals surface area contributed by atoms with Crippen LogP contribution in [0.25, 0.3) is 0 Å². The van der Waals surface area contributed by atoms with Crippen molar-refractivity contribution in [1.29, 1.82) is 0 Å². The lowest BCUT2D eigenvalue weighted by atomic mass is 10.1. The molecule has 0 radical (unpaired) electrons. The van der Waals surface area contributed by atoms with Gasteiger partial charge in [0.1, 0.15) is 0 Å². The van der Waals surface area contributed by atoms with Crippen LogP contribution < -0.4 is 0 Å². The van der Waals surface area contributed by atoms with Crippen molar-refractivity contribution in [2.45, 2.75) is 142 Å². The number of halogens is 1. The van der Waals surface area contributed by atoms with Crippen LogP contribution >= 0.6 is 11.6 Å². The number of carbonyl (C=O) groups excluding carboxylic acids is 2. The predicted octanol–water partition coefficient (Wildman–Crippen LogP) is 8.52. The Morgan fingerprint density at radius 3 is 1.22 bits per heavy atom. The van der Waals surface area contributed by atoms with Crippen LogP contribution in [0.4, 0.5) is 0 Å². The maximum Gasteiger partial charge on any atom is 0.305 e. The van der Waals surface area contributed by atoms with Crippen molar-refractivity contribution >= 4 is 23.5 Å². The van der Waals surface area contributed by atoms with Crippen LogP contribution in [0.3, 0.4) is 0 Å². The zero-order valence-electron chi connectivity index (χ0n) is 21.0. The van der Waals surface area contributed by atoms with Crippen LogP contribution in [-0.4, -0.2) is 31.0 Å².